The van der Waals surface area contributed by atoms with Gasteiger partial charge in [-0.1, -0.05) is 12.7 Å². The number of allylic oxidation sites excluding steroid dienone is 1. The zero-order valence-corrected chi connectivity index (χ0v) is 8.42. The van der Waals surface area contributed by atoms with Gasteiger partial charge in [0.1, 0.15) is 0 Å². The Bertz CT molecular complexity index is 118. The summed E-state index contributed by atoms with van der Waals surface area (Å²) in [5, 5.41) is 0. The Morgan fingerprint density at radius 1 is 1.67 bits per heavy atom. The van der Waals surface area contributed by atoms with E-state index in [9.17, 15) is 4.79 Å². The summed E-state index contributed by atoms with van der Waals surface area (Å²) < 4.78 is 4.32. The van der Waals surface area contributed by atoms with Crippen LogP contribution < -0.4 is 0 Å². The van der Waals surface area contributed by atoms with E-state index in [1.165, 1.54) is 6.08 Å². The van der Waals surface area contributed by atoms with Gasteiger partial charge in [-0.25, -0.2) is 4.79 Å². The van der Waals surface area contributed by atoms with Gasteiger partial charge in [0.25, 0.3) is 0 Å². The first-order chi connectivity index (χ1) is 3.81. The third-order valence-corrected chi connectivity index (χ3v) is 0.502. The van der Waals surface area contributed by atoms with Gasteiger partial charge in [0.15, 0.2) is 0 Å². The van der Waals surface area contributed by atoms with Gasteiger partial charge >= 0.3 is 5.97 Å². The van der Waals surface area contributed by atoms with Crippen LogP contribution in [0, 0.1) is 0 Å². The maximum absolute atomic E-state index is 10.3. The Hall–Kier alpha value is -0.310. The molecular formula is C6H8O2Ta. The quantitative estimate of drug-likeness (QED) is 0.435. The second-order valence-corrected chi connectivity index (χ2v) is 1.10. The number of rotatable bonds is 2. The molecule has 0 fully saturated rings. The van der Waals surface area contributed by atoms with Gasteiger partial charge in [-0.2, -0.15) is 0 Å². The molecule has 0 atom stereocenters. The van der Waals surface area contributed by atoms with Crippen molar-refractivity contribution >= 4 is 5.97 Å². The Morgan fingerprint density at radius 2 is 2.22 bits per heavy atom. The van der Waals surface area contributed by atoms with Crippen LogP contribution in [0.2, 0.25) is 0 Å². The average molecular weight is 293 g/mol. The van der Waals surface area contributed by atoms with E-state index in [4.69, 9.17) is 0 Å². The van der Waals surface area contributed by atoms with Crippen LogP contribution >= 0.6 is 0 Å². The van der Waals surface area contributed by atoms with Crippen LogP contribution in [0.4, 0.5) is 0 Å². The van der Waals surface area contributed by atoms with Crippen LogP contribution in [0.25, 0.3) is 0 Å². The van der Waals surface area contributed by atoms with Gasteiger partial charge in [0, 0.05) is 28.5 Å². The minimum Gasteiger partial charge on any atom is -0.432 e. The molecule has 9 heavy (non-hydrogen) atoms. The Kier molecular flexibility index (Phi) is 9.81. The molecular weight excluding hydrogens is 285 g/mol. The maximum Gasteiger partial charge on any atom is 0.335 e. The van der Waals surface area contributed by atoms with Crippen molar-refractivity contribution in [3.8, 4) is 0 Å². The molecule has 0 aliphatic rings. The van der Waals surface area contributed by atoms with Crippen molar-refractivity contribution < 1.29 is 31.9 Å². The summed E-state index contributed by atoms with van der Waals surface area (Å²) in [5.41, 5.74) is 0. The molecule has 0 heterocycles. The van der Waals surface area contributed by atoms with E-state index in [-0.39, 0.29) is 28.3 Å². The number of hydrogen-bond donors (Lipinski definition) is 0. The predicted octanol–water partition coefficient (Wildman–Crippen LogP) is 1.25. The molecule has 0 rings (SSSR count). The van der Waals surface area contributed by atoms with Crippen LogP contribution in [0.15, 0.2) is 25.0 Å². The van der Waals surface area contributed by atoms with E-state index < -0.39 is 0 Å². The van der Waals surface area contributed by atoms with Crippen molar-refractivity contribution in [1.82, 2.24) is 0 Å². The first-order valence-electron chi connectivity index (χ1n) is 2.25. The second-order valence-electron chi connectivity index (χ2n) is 1.10. The first kappa shape index (κ1) is 11.5. The van der Waals surface area contributed by atoms with Gasteiger partial charge in [-0.15, -0.1) is 0 Å². The van der Waals surface area contributed by atoms with E-state index in [1.54, 1.807) is 13.0 Å². The van der Waals surface area contributed by atoms with E-state index >= 15 is 0 Å². The average Bonchev–Trinajstić information content (AvgIpc) is 1.68. The van der Waals surface area contributed by atoms with Crippen LogP contribution in [0.3, 0.4) is 0 Å². The molecule has 0 bridgehead atoms. The third-order valence-electron chi connectivity index (χ3n) is 0.502. The zero-order valence-electron chi connectivity index (χ0n) is 5.20. The van der Waals surface area contributed by atoms with Gasteiger partial charge in [0.2, 0.25) is 0 Å². The third kappa shape index (κ3) is 7.69. The molecule has 3 heteroatoms. The van der Waals surface area contributed by atoms with Crippen LogP contribution in [-0.4, -0.2) is 5.97 Å². The normalized spacial score (nSPS) is 8.11. The number of carbonyl (C=O) groups excluding carboxylic acids is 1. The van der Waals surface area contributed by atoms with E-state index in [0.717, 1.165) is 6.26 Å². The molecule has 0 aromatic rings. The molecule has 0 unspecified atom stereocenters. The fraction of sp³-hybridized carbons (Fsp3) is 0.167. The molecule has 0 aromatic carbocycles. The molecule has 49 valence electrons. The van der Waals surface area contributed by atoms with E-state index in [2.05, 4.69) is 11.3 Å². The smallest absolute Gasteiger partial charge is 0.335 e. The van der Waals surface area contributed by atoms with Crippen molar-refractivity contribution in [1.29, 1.82) is 0 Å². The summed E-state index contributed by atoms with van der Waals surface area (Å²) >= 11 is 0. The van der Waals surface area contributed by atoms with Gasteiger partial charge < -0.3 is 4.74 Å². The molecule has 2 nitrogen and oxygen atoms in total. The summed E-state index contributed by atoms with van der Waals surface area (Å²) in [6.45, 7) is 4.95. The molecule has 0 spiro atoms. The monoisotopic (exact) mass is 293 g/mol. The van der Waals surface area contributed by atoms with Crippen molar-refractivity contribution in [3.05, 3.63) is 25.0 Å². The number of carbonyl (C=O) groups is 1. The number of esters is 1. The molecule has 0 amide bonds. The largest absolute Gasteiger partial charge is 0.432 e. The summed E-state index contributed by atoms with van der Waals surface area (Å²) in [5.74, 6) is -0.387. The SMILES string of the molecule is C=COC(=O)C=CC.[Ta]. The molecule has 0 saturated carbocycles. The summed E-state index contributed by atoms with van der Waals surface area (Å²) in [6.07, 6.45) is 4.02. The number of ether oxygens (including phenoxy) is 1. The molecule has 0 aliphatic carbocycles. The van der Waals surface area contributed by atoms with Crippen molar-refractivity contribution in [3.63, 3.8) is 0 Å². The van der Waals surface area contributed by atoms with Crippen LogP contribution in [-0.2, 0) is 31.9 Å². The van der Waals surface area contributed by atoms with E-state index in [1.807, 2.05) is 0 Å². The fourth-order valence-corrected chi connectivity index (χ4v) is 0.257. The molecule has 0 N–H and O–H groups in total. The first-order valence-corrected chi connectivity index (χ1v) is 2.25. The van der Waals surface area contributed by atoms with Crippen molar-refractivity contribution in [2.45, 2.75) is 6.92 Å². The Labute approximate surface area is 70.1 Å². The van der Waals surface area contributed by atoms with E-state index in [0.29, 0.717) is 0 Å². The van der Waals surface area contributed by atoms with Crippen LogP contribution in [0.5, 0.6) is 0 Å². The number of hydrogen-bond acceptors (Lipinski definition) is 2. The second kappa shape index (κ2) is 7.69. The predicted molar refractivity (Wildman–Crippen MR) is 31.1 cm³/mol. The maximum atomic E-state index is 10.3. The standard InChI is InChI=1S/C6H8O2.Ta/c1-3-5-6(7)8-4-2;/h3-5H,2H2,1H3;. The molecule has 0 aliphatic heterocycles. The molecule has 0 aromatic heterocycles. The van der Waals surface area contributed by atoms with Gasteiger partial charge in [-0.05, 0) is 6.92 Å². The summed E-state index contributed by atoms with van der Waals surface area (Å²) in [4.78, 5) is 10.3. The fourth-order valence-electron chi connectivity index (χ4n) is 0.257. The zero-order chi connectivity index (χ0) is 6.41. The Balaban J connectivity index is 0. The Morgan fingerprint density at radius 3 is 2.56 bits per heavy atom. The van der Waals surface area contributed by atoms with Gasteiger partial charge in [-0.3, -0.25) is 0 Å². The summed E-state index contributed by atoms with van der Waals surface area (Å²) in [7, 11) is 0. The minimum atomic E-state index is -0.387. The van der Waals surface area contributed by atoms with Gasteiger partial charge in [0.05, 0.1) is 6.26 Å². The molecule has 1 radical (unpaired) electrons. The van der Waals surface area contributed by atoms with Crippen LogP contribution in [0.1, 0.15) is 6.92 Å². The van der Waals surface area contributed by atoms with Crippen molar-refractivity contribution in [2.75, 3.05) is 0 Å². The topological polar surface area (TPSA) is 26.3 Å². The summed E-state index contributed by atoms with van der Waals surface area (Å²) in [6, 6.07) is 0. The molecule has 0 saturated heterocycles. The van der Waals surface area contributed by atoms with Crippen molar-refractivity contribution in [2.24, 2.45) is 0 Å². The minimum absolute atomic E-state index is 0.